The maximum absolute atomic E-state index is 13.6. The lowest BCUT2D eigenvalue weighted by atomic mass is 10.0. The molecule has 2 aromatic carbocycles. The number of carbonyl (C=O) groups excluding carboxylic acids is 1. The van der Waals surface area contributed by atoms with E-state index in [0.29, 0.717) is 17.8 Å². The van der Waals surface area contributed by atoms with Gasteiger partial charge in [-0.15, -0.1) is 0 Å². The molecule has 4 rings (SSSR count). The van der Waals surface area contributed by atoms with Gasteiger partial charge in [0, 0.05) is 37.5 Å². The van der Waals surface area contributed by atoms with Gasteiger partial charge in [-0.05, 0) is 26.0 Å². The highest BCUT2D eigenvalue weighted by Crippen LogP contribution is 2.28. The molecule has 0 N–H and O–H groups in total. The summed E-state index contributed by atoms with van der Waals surface area (Å²) in [6.45, 7) is 4.44. The van der Waals surface area contributed by atoms with Crippen LogP contribution in [0.4, 0.5) is 0 Å². The van der Waals surface area contributed by atoms with E-state index in [1.54, 1.807) is 4.90 Å². The van der Waals surface area contributed by atoms with Crippen LogP contribution in [0.5, 0.6) is 0 Å². The molecule has 2 heterocycles. The van der Waals surface area contributed by atoms with Gasteiger partial charge in [0.15, 0.2) is 0 Å². The van der Waals surface area contributed by atoms with Gasteiger partial charge in [0.25, 0.3) is 5.91 Å². The number of aryl methyl sites for hydroxylation is 1. The zero-order chi connectivity index (χ0) is 21.3. The molecule has 0 aliphatic carbocycles. The van der Waals surface area contributed by atoms with Crippen LogP contribution in [0.25, 0.3) is 16.9 Å². The molecule has 1 amide bonds. The first-order valence-corrected chi connectivity index (χ1v) is 9.90. The van der Waals surface area contributed by atoms with Crippen molar-refractivity contribution < 1.29 is 4.79 Å². The molecule has 152 valence electrons. The van der Waals surface area contributed by atoms with Crippen LogP contribution >= 0.6 is 0 Å². The predicted molar refractivity (Wildman–Crippen MR) is 117 cm³/mol. The number of aromatic nitrogens is 4. The molecule has 30 heavy (non-hydrogen) atoms. The molecule has 2 aromatic heterocycles. The third kappa shape index (κ3) is 3.52. The first-order valence-electron chi connectivity index (χ1n) is 9.90. The fraction of sp³-hybridized carbons (Fsp3) is 0.208. The van der Waals surface area contributed by atoms with E-state index in [1.165, 1.54) is 0 Å². The molecule has 6 nitrogen and oxygen atoms in total. The number of nitrogens with zero attached hydrogens (tertiary/aromatic N) is 5. The Morgan fingerprint density at radius 1 is 0.967 bits per heavy atom. The summed E-state index contributed by atoms with van der Waals surface area (Å²) >= 11 is 0. The molecular formula is C24H25N5O. The summed E-state index contributed by atoms with van der Waals surface area (Å²) in [7, 11) is 3.73. The fourth-order valence-electron chi connectivity index (χ4n) is 3.59. The molecule has 0 bridgehead atoms. The van der Waals surface area contributed by atoms with Crippen LogP contribution in [0.1, 0.15) is 27.3 Å². The number of para-hydroxylation sites is 1. The fourth-order valence-corrected chi connectivity index (χ4v) is 3.59. The molecule has 0 fully saturated rings. The second-order valence-electron chi connectivity index (χ2n) is 7.46. The van der Waals surface area contributed by atoms with Gasteiger partial charge in [0.1, 0.15) is 5.69 Å². The number of hydrogen-bond donors (Lipinski definition) is 0. The summed E-state index contributed by atoms with van der Waals surface area (Å²) in [4.78, 5) is 15.3. The number of rotatable bonds is 5. The second kappa shape index (κ2) is 7.99. The zero-order valence-corrected chi connectivity index (χ0v) is 17.7. The Hall–Kier alpha value is -3.67. The van der Waals surface area contributed by atoms with E-state index >= 15 is 0 Å². The van der Waals surface area contributed by atoms with E-state index < -0.39 is 0 Å². The first-order chi connectivity index (χ1) is 14.5. The van der Waals surface area contributed by atoms with Crippen LogP contribution in [-0.2, 0) is 13.6 Å². The highest BCUT2D eigenvalue weighted by Gasteiger charge is 2.26. The molecule has 0 aliphatic heterocycles. The molecule has 0 unspecified atom stereocenters. The summed E-state index contributed by atoms with van der Waals surface area (Å²) < 4.78 is 3.67. The molecular weight excluding hydrogens is 374 g/mol. The van der Waals surface area contributed by atoms with Crippen molar-refractivity contribution in [2.75, 3.05) is 7.05 Å². The summed E-state index contributed by atoms with van der Waals surface area (Å²) in [5, 5.41) is 9.13. The molecule has 6 heteroatoms. The van der Waals surface area contributed by atoms with Gasteiger partial charge in [0.05, 0.1) is 23.1 Å². The predicted octanol–water partition coefficient (Wildman–Crippen LogP) is 4.16. The standard InChI is InChI=1S/C24H25N5O/c1-17-20(15-25-28(17)4)16-27(3)24(30)22-18(2)29(21-13-9-6-10-14-21)26-23(22)19-11-7-5-8-12-19/h5-15H,16H2,1-4H3. The minimum Gasteiger partial charge on any atom is -0.337 e. The van der Waals surface area contributed by atoms with E-state index in [2.05, 4.69) is 5.10 Å². The van der Waals surface area contributed by atoms with Crippen LogP contribution < -0.4 is 0 Å². The second-order valence-corrected chi connectivity index (χ2v) is 7.46. The average molecular weight is 399 g/mol. The van der Waals surface area contributed by atoms with Crippen molar-refractivity contribution in [2.24, 2.45) is 7.05 Å². The van der Waals surface area contributed by atoms with Crippen LogP contribution in [0.3, 0.4) is 0 Å². The van der Waals surface area contributed by atoms with Gasteiger partial charge < -0.3 is 4.90 Å². The van der Waals surface area contributed by atoms with Crippen LogP contribution in [0, 0.1) is 13.8 Å². The first kappa shape index (κ1) is 19.6. The number of amides is 1. The van der Waals surface area contributed by atoms with Gasteiger partial charge >= 0.3 is 0 Å². The molecule has 0 saturated carbocycles. The summed E-state index contributed by atoms with van der Waals surface area (Å²) in [5.74, 6) is -0.0585. The number of hydrogen-bond acceptors (Lipinski definition) is 3. The molecule has 0 saturated heterocycles. The SMILES string of the molecule is Cc1c(CN(C)C(=O)c2c(-c3ccccc3)nn(-c3ccccc3)c2C)cnn1C. The molecule has 0 atom stereocenters. The molecule has 4 aromatic rings. The maximum Gasteiger partial charge on any atom is 0.258 e. The lowest BCUT2D eigenvalue weighted by Crippen LogP contribution is -2.27. The summed E-state index contributed by atoms with van der Waals surface area (Å²) in [5.41, 5.74) is 6.06. The van der Waals surface area contributed by atoms with Gasteiger partial charge in [-0.1, -0.05) is 48.5 Å². The Kier molecular flexibility index (Phi) is 5.23. The Balaban J connectivity index is 1.78. The highest BCUT2D eigenvalue weighted by molar-refractivity contribution is 6.01. The van der Waals surface area contributed by atoms with E-state index in [0.717, 1.165) is 28.2 Å². The topological polar surface area (TPSA) is 56.0 Å². The quantitative estimate of drug-likeness (QED) is 0.506. The van der Waals surface area contributed by atoms with Crippen molar-refractivity contribution in [2.45, 2.75) is 20.4 Å². The van der Waals surface area contributed by atoms with Crippen molar-refractivity contribution in [3.8, 4) is 16.9 Å². The largest absolute Gasteiger partial charge is 0.337 e. The van der Waals surface area contributed by atoms with Crippen molar-refractivity contribution in [3.63, 3.8) is 0 Å². The van der Waals surface area contributed by atoms with E-state index in [9.17, 15) is 4.79 Å². The van der Waals surface area contributed by atoms with Gasteiger partial charge in [-0.25, -0.2) is 4.68 Å². The molecule has 0 radical (unpaired) electrons. The highest BCUT2D eigenvalue weighted by atomic mass is 16.2. The summed E-state index contributed by atoms with van der Waals surface area (Å²) in [6, 6.07) is 19.7. The molecule has 0 aliphatic rings. The van der Waals surface area contributed by atoms with Gasteiger partial charge in [-0.3, -0.25) is 9.48 Å². The Morgan fingerprint density at radius 2 is 1.60 bits per heavy atom. The van der Waals surface area contributed by atoms with Crippen molar-refractivity contribution in [3.05, 3.63) is 89.4 Å². The van der Waals surface area contributed by atoms with E-state index in [4.69, 9.17) is 5.10 Å². The smallest absolute Gasteiger partial charge is 0.258 e. The maximum atomic E-state index is 13.6. The average Bonchev–Trinajstić information content (AvgIpc) is 3.28. The zero-order valence-electron chi connectivity index (χ0n) is 17.7. The lowest BCUT2D eigenvalue weighted by molar-refractivity contribution is 0.0785. The third-order valence-corrected chi connectivity index (χ3v) is 5.47. The third-order valence-electron chi connectivity index (χ3n) is 5.47. The Labute approximate surface area is 176 Å². The minimum atomic E-state index is -0.0585. The van der Waals surface area contributed by atoms with Crippen molar-refractivity contribution in [1.29, 1.82) is 0 Å². The summed E-state index contributed by atoms with van der Waals surface area (Å²) in [6.07, 6.45) is 1.82. The van der Waals surface area contributed by atoms with Crippen molar-refractivity contribution in [1.82, 2.24) is 24.5 Å². The number of carbonyl (C=O) groups is 1. The lowest BCUT2D eigenvalue weighted by Gasteiger charge is -2.18. The van der Waals surface area contributed by atoms with Crippen LogP contribution in [0.2, 0.25) is 0 Å². The minimum absolute atomic E-state index is 0.0585. The van der Waals surface area contributed by atoms with Crippen LogP contribution in [-0.4, -0.2) is 37.4 Å². The van der Waals surface area contributed by atoms with Crippen molar-refractivity contribution >= 4 is 5.91 Å². The van der Waals surface area contributed by atoms with Crippen LogP contribution in [0.15, 0.2) is 66.9 Å². The van der Waals surface area contributed by atoms with Gasteiger partial charge in [-0.2, -0.15) is 10.2 Å². The Morgan fingerprint density at radius 3 is 2.20 bits per heavy atom. The molecule has 0 spiro atoms. The normalized spacial score (nSPS) is 10.9. The van der Waals surface area contributed by atoms with E-state index in [-0.39, 0.29) is 5.91 Å². The monoisotopic (exact) mass is 399 g/mol. The van der Waals surface area contributed by atoms with Gasteiger partial charge in [0.2, 0.25) is 0 Å². The number of benzene rings is 2. The van der Waals surface area contributed by atoms with E-state index in [1.807, 2.05) is 104 Å². The Bertz CT molecular complexity index is 1180.